The topological polar surface area (TPSA) is 75.7 Å². The minimum atomic E-state index is -3.70. The molecule has 0 bridgehead atoms. The van der Waals surface area contributed by atoms with Crippen molar-refractivity contribution in [2.45, 2.75) is 18.1 Å². The number of rotatable bonds is 8. The zero-order valence-corrected chi connectivity index (χ0v) is 17.4. The molecule has 6 nitrogen and oxygen atoms in total. The molecule has 3 rings (SSSR count). The lowest BCUT2D eigenvalue weighted by Gasteiger charge is -2.17. The third-order valence-corrected chi connectivity index (χ3v) is 6.23. The zero-order valence-electron chi connectivity index (χ0n) is 16.5. The van der Waals surface area contributed by atoms with E-state index >= 15 is 0 Å². The van der Waals surface area contributed by atoms with E-state index in [1.807, 2.05) is 30.3 Å². The first-order chi connectivity index (χ1) is 14.8. The van der Waals surface area contributed by atoms with Gasteiger partial charge in [0.2, 0.25) is 10.0 Å². The second kappa shape index (κ2) is 9.67. The number of alkyl halides is 2. The number of carbonyl (C=O) groups is 1. The molecule has 0 saturated heterocycles. The first-order valence-electron chi connectivity index (χ1n) is 9.22. The Morgan fingerprint density at radius 3 is 2.16 bits per heavy atom. The number of carbonyl (C=O) groups excluding carboxylic acids is 1. The maximum Gasteiger partial charge on any atom is 0.387 e. The zero-order chi connectivity index (χ0) is 22.4. The number of hydrogen-bond acceptors (Lipinski definition) is 4. The van der Waals surface area contributed by atoms with Gasteiger partial charge in [0.1, 0.15) is 5.75 Å². The molecule has 0 aliphatic heterocycles. The van der Waals surface area contributed by atoms with E-state index in [1.54, 1.807) is 0 Å². The Morgan fingerprint density at radius 2 is 1.58 bits per heavy atom. The molecule has 0 aliphatic carbocycles. The Labute approximate surface area is 179 Å². The van der Waals surface area contributed by atoms with Crippen LogP contribution in [-0.4, -0.2) is 32.3 Å². The highest BCUT2D eigenvalue weighted by molar-refractivity contribution is 7.89. The molecule has 162 valence electrons. The fourth-order valence-corrected chi connectivity index (χ4v) is 3.97. The second-order valence-electron chi connectivity index (χ2n) is 6.63. The monoisotopic (exact) mass is 446 g/mol. The van der Waals surface area contributed by atoms with Gasteiger partial charge in [-0.3, -0.25) is 4.79 Å². The molecule has 0 unspecified atom stereocenters. The molecule has 9 heteroatoms. The van der Waals surface area contributed by atoms with Gasteiger partial charge < -0.3 is 10.1 Å². The van der Waals surface area contributed by atoms with E-state index in [-0.39, 0.29) is 22.8 Å². The number of amides is 1. The molecule has 1 amide bonds. The Morgan fingerprint density at radius 1 is 0.968 bits per heavy atom. The summed E-state index contributed by atoms with van der Waals surface area (Å²) in [5.74, 6) is -0.527. The highest BCUT2D eigenvalue weighted by Crippen LogP contribution is 2.20. The lowest BCUT2D eigenvalue weighted by molar-refractivity contribution is -0.0498. The number of hydrogen-bond donors (Lipinski definition) is 1. The molecule has 0 saturated carbocycles. The van der Waals surface area contributed by atoms with Gasteiger partial charge in [0.15, 0.2) is 0 Å². The summed E-state index contributed by atoms with van der Waals surface area (Å²) >= 11 is 0. The molecule has 3 aromatic rings. The number of benzene rings is 3. The summed E-state index contributed by atoms with van der Waals surface area (Å²) in [6, 6.07) is 20.2. The van der Waals surface area contributed by atoms with Gasteiger partial charge in [0.05, 0.1) is 4.90 Å². The van der Waals surface area contributed by atoms with Crippen LogP contribution in [-0.2, 0) is 16.6 Å². The van der Waals surface area contributed by atoms with Gasteiger partial charge >= 0.3 is 6.61 Å². The summed E-state index contributed by atoms with van der Waals surface area (Å²) in [5.41, 5.74) is 1.49. The Kier molecular flexibility index (Phi) is 6.98. The third kappa shape index (κ3) is 5.87. The number of halogens is 2. The molecule has 0 heterocycles. The van der Waals surface area contributed by atoms with Crippen LogP contribution >= 0.6 is 0 Å². The molecule has 0 spiro atoms. The van der Waals surface area contributed by atoms with Crippen LogP contribution in [0.5, 0.6) is 5.75 Å². The van der Waals surface area contributed by atoms with Crippen molar-refractivity contribution in [2.24, 2.45) is 0 Å². The van der Waals surface area contributed by atoms with Crippen LogP contribution in [0.2, 0.25) is 0 Å². The van der Waals surface area contributed by atoms with E-state index in [4.69, 9.17) is 0 Å². The highest BCUT2D eigenvalue weighted by atomic mass is 32.2. The van der Waals surface area contributed by atoms with Crippen molar-refractivity contribution in [1.29, 1.82) is 0 Å². The first-order valence-corrected chi connectivity index (χ1v) is 10.7. The highest BCUT2D eigenvalue weighted by Gasteiger charge is 2.21. The van der Waals surface area contributed by atoms with Crippen molar-refractivity contribution in [2.75, 3.05) is 12.4 Å². The van der Waals surface area contributed by atoms with E-state index < -0.39 is 22.5 Å². The van der Waals surface area contributed by atoms with Crippen LogP contribution in [0.4, 0.5) is 14.5 Å². The van der Waals surface area contributed by atoms with Gasteiger partial charge in [-0.25, -0.2) is 8.42 Å². The molecule has 0 fully saturated rings. The van der Waals surface area contributed by atoms with E-state index in [0.29, 0.717) is 5.69 Å². The van der Waals surface area contributed by atoms with Crippen LogP contribution in [0.1, 0.15) is 15.9 Å². The van der Waals surface area contributed by atoms with Crippen molar-refractivity contribution in [3.8, 4) is 5.75 Å². The largest absolute Gasteiger partial charge is 0.435 e. The SMILES string of the molecule is CN(Cc1ccccc1)S(=O)(=O)c1ccc(NC(=O)c2ccc(OC(F)F)cc2)cc1. The average Bonchev–Trinajstić information content (AvgIpc) is 2.75. The average molecular weight is 446 g/mol. The summed E-state index contributed by atoms with van der Waals surface area (Å²) in [5, 5.41) is 2.63. The number of sulfonamides is 1. The molecule has 0 aliphatic rings. The van der Waals surface area contributed by atoms with Gasteiger partial charge in [0.25, 0.3) is 5.91 Å². The van der Waals surface area contributed by atoms with E-state index in [1.165, 1.54) is 59.9 Å². The maximum absolute atomic E-state index is 12.8. The quantitative estimate of drug-likeness (QED) is 0.558. The van der Waals surface area contributed by atoms with Crippen LogP contribution in [0.3, 0.4) is 0 Å². The van der Waals surface area contributed by atoms with Crippen LogP contribution < -0.4 is 10.1 Å². The summed E-state index contributed by atoms with van der Waals surface area (Å²) in [6.07, 6.45) is 0. The first kappa shape index (κ1) is 22.4. The third-order valence-electron chi connectivity index (χ3n) is 4.41. The van der Waals surface area contributed by atoms with Crippen molar-refractivity contribution >= 4 is 21.6 Å². The summed E-state index contributed by atoms with van der Waals surface area (Å²) in [4.78, 5) is 12.4. The van der Waals surface area contributed by atoms with Gasteiger partial charge in [-0.05, 0) is 54.1 Å². The van der Waals surface area contributed by atoms with Crippen molar-refractivity contribution in [3.05, 3.63) is 90.0 Å². The number of nitrogens with one attached hydrogen (secondary N) is 1. The Bertz CT molecular complexity index is 1120. The van der Waals surface area contributed by atoms with Crippen molar-refractivity contribution in [1.82, 2.24) is 4.31 Å². The second-order valence-corrected chi connectivity index (χ2v) is 8.67. The van der Waals surface area contributed by atoms with Gasteiger partial charge in [-0.15, -0.1) is 0 Å². The summed E-state index contributed by atoms with van der Waals surface area (Å²) in [7, 11) is -2.20. The molecular formula is C22H20F2N2O4S. The number of anilines is 1. The summed E-state index contributed by atoms with van der Waals surface area (Å²) < 4.78 is 55.4. The van der Waals surface area contributed by atoms with E-state index in [0.717, 1.165) is 5.56 Å². The Hall–Kier alpha value is -3.30. The lowest BCUT2D eigenvalue weighted by atomic mass is 10.2. The van der Waals surface area contributed by atoms with E-state index in [9.17, 15) is 22.0 Å². The molecule has 0 atom stereocenters. The van der Waals surface area contributed by atoms with Crippen LogP contribution in [0, 0.1) is 0 Å². The number of nitrogens with zero attached hydrogens (tertiary/aromatic N) is 1. The van der Waals surface area contributed by atoms with E-state index in [2.05, 4.69) is 10.1 Å². The number of ether oxygens (including phenoxy) is 1. The lowest BCUT2D eigenvalue weighted by Crippen LogP contribution is -2.26. The predicted octanol–water partition coefficient (Wildman–Crippen LogP) is 4.36. The normalized spacial score (nSPS) is 11.5. The van der Waals surface area contributed by atoms with Crippen molar-refractivity contribution < 1.29 is 26.7 Å². The van der Waals surface area contributed by atoms with Gasteiger partial charge in [-0.2, -0.15) is 13.1 Å². The van der Waals surface area contributed by atoms with Crippen molar-refractivity contribution in [3.63, 3.8) is 0 Å². The molecule has 0 radical (unpaired) electrons. The molecule has 31 heavy (non-hydrogen) atoms. The van der Waals surface area contributed by atoms with Crippen LogP contribution in [0.15, 0.2) is 83.8 Å². The van der Waals surface area contributed by atoms with Gasteiger partial charge in [-0.1, -0.05) is 30.3 Å². The fourth-order valence-electron chi connectivity index (χ4n) is 2.81. The Balaban J connectivity index is 1.65. The standard InChI is InChI=1S/C22H20F2N2O4S/c1-26(15-16-5-3-2-4-6-16)31(28,29)20-13-9-18(10-14-20)25-21(27)17-7-11-19(12-8-17)30-22(23)24/h2-14,22H,15H2,1H3,(H,25,27). The molecule has 0 aromatic heterocycles. The summed E-state index contributed by atoms with van der Waals surface area (Å²) in [6.45, 7) is -2.71. The molecule has 3 aromatic carbocycles. The minimum Gasteiger partial charge on any atom is -0.435 e. The predicted molar refractivity (Wildman–Crippen MR) is 113 cm³/mol. The fraction of sp³-hybridized carbons (Fsp3) is 0.136. The van der Waals surface area contributed by atoms with Crippen LogP contribution in [0.25, 0.3) is 0 Å². The maximum atomic E-state index is 12.8. The molecule has 1 N–H and O–H groups in total. The molecular weight excluding hydrogens is 426 g/mol. The van der Waals surface area contributed by atoms with Gasteiger partial charge in [0, 0.05) is 24.8 Å². The smallest absolute Gasteiger partial charge is 0.387 e. The minimum absolute atomic E-state index is 0.0549.